The van der Waals surface area contributed by atoms with Gasteiger partial charge in [-0.3, -0.25) is 0 Å². The minimum Gasteiger partial charge on any atom is -0.362 e. The Labute approximate surface area is 170 Å². The Kier molecular flexibility index (Phi) is 13.0. The molecule has 27 heavy (non-hydrogen) atoms. The Hall–Kier alpha value is -1.24. The van der Waals surface area contributed by atoms with Crippen LogP contribution in [0.25, 0.3) is 0 Å². The normalized spacial score (nSPS) is 15.2. The number of unbranched alkanes of at least 4 members (excludes halogenated alkanes) is 6. The molecule has 1 heteroatoms. The van der Waals surface area contributed by atoms with Crippen molar-refractivity contribution >= 4 is 0 Å². The Morgan fingerprint density at radius 3 is 1.56 bits per heavy atom. The van der Waals surface area contributed by atoms with Gasteiger partial charge in [-0.1, -0.05) is 77.9 Å². The molecule has 0 amide bonds. The van der Waals surface area contributed by atoms with Crippen LogP contribution in [0.3, 0.4) is 0 Å². The highest BCUT2D eigenvalue weighted by Crippen LogP contribution is 2.40. The van der Waals surface area contributed by atoms with E-state index >= 15 is 0 Å². The minimum absolute atomic E-state index is 0.649. The zero-order chi connectivity index (χ0) is 19.9. The van der Waals surface area contributed by atoms with Gasteiger partial charge in [0, 0.05) is 30.2 Å². The lowest BCUT2D eigenvalue weighted by Gasteiger charge is -2.35. The van der Waals surface area contributed by atoms with Gasteiger partial charge < -0.3 is 5.32 Å². The van der Waals surface area contributed by atoms with Gasteiger partial charge in [0.1, 0.15) is 0 Å². The molecule has 0 radical (unpaired) electrons. The van der Waals surface area contributed by atoms with Crippen LogP contribution in [0.15, 0.2) is 47.9 Å². The molecule has 1 aliphatic rings. The molecule has 0 aliphatic carbocycles. The van der Waals surface area contributed by atoms with E-state index in [0.29, 0.717) is 5.92 Å². The van der Waals surface area contributed by atoms with Gasteiger partial charge in [0.2, 0.25) is 0 Å². The average Bonchev–Trinajstić information content (AvgIpc) is 2.66. The van der Waals surface area contributed by atoms with Crippen molar-refractivity contribution in [1.29, 1.82) is 0 Å². The number of allylic oxidation sites excluding steroid dienone is 4. The summed E-state index contributed by atoms with van der Waals surface area (Å²) in [5.74, 6) is 0.649. The van der Waals surface area contributed by atoms with Crippen LogP contribution in [-0.4, -0.2) is 0 Å². The first-order valence-electron chi connectivity index (χ1n) is 11.7. The Morgan fingerprint density at radius 1 is 0.704 bits per heavy atom. The van der Waals surface area contributed by atoms with Crippen LogP contribution in [-0.2, 0) is 0 Å². The van der Waals surface area contributed by atoms with E-state index < -0.39 is 0 Å². The van der Waals surface area contributed by atoms with Gasteiger partial charge in [0.15, 0.2) is 0 Å². The Balaban J connectivity index is 3.17. The summed E-state index contributed by atoms with van der Waals surface area (Å²) in [5, 5.41) is 3.85. The fourth-order valence-corrected chi connectivity index (χ4v) is 4.35. The first kappa shape index (κ1) is 23.8. The van der Waals surface area contributed by atoms with E-state index in [1.165, 1.54) is 88.4 Å². The monoisotopic (exact) mass is 371 g/mol. The van der Waals surface area contributed by atoms with E-state index in [1.54, 1.807) is 11.1 Å². The number of rotatable bonds is 16. The van der Waals surface area contributed by atoms with Crippen molar-refractivity contribution in [3.05, 3.63) is 47.9 Å². The summed E-state index contributed by atoms with van der Waals surface area (Å²) < 4.78 is 0. The number of hydrogen-bond acceptors (Lipinski definition) is 1. The molecule has 0 atom stereocenters. The Bertz CT molecular complexity index is 454. The summed E-state index contributed by atoms with van der Waals surface area (Å²) in [6, 6.07) is 0. The fraction of sp³-hybridized carbons (Fsp3) is 0.692. The topological polar surface area (TPSA) is 12.0 Å². The minimum atomic E-state index is 0.649. The molecule has 0 aromatic rings. The molecule has 0 aromatic carbocycles. The smallest absolute Gasteiger partial charge is 0.0184 e. The highest BCUT2D eigenvalue weighted by atomic mass is 14.9. The summed E-state index contributed by atoms with van der Waals surface area (Å²) in [7, 11) is 0. The van der Waals surface area contributed by atoms with Crippen LogP contribution < -0.4 is 5.32 Å². The Morgan fingerprint density at radius 2 is 1.15 bits per heavy atom. The van der Waals surface area contributed by atoms with Crippen molar-refractivity contribution in [1.82, 2.24) is 5.32 Å². The largest absolute Gasteiger partial charge is 0.362 e. The summed E-state index contributed by atoms with van der Waals surface area (Å²) in [5.41, 5.74) is 6.27. The fourth-order valence-electron chi connectivity index (χ4n) is 4.35. The van der Waals surface area contributed by atoms with Crippen molar-refractivity contribution < 1.29 is 0 Å². The molecule has 1 aliphatic heterocycles. The van der Waals surface area contributed by atoms with Gasteiger partial charge in [-0.05, 0) is 43.3 Å². The summed E-state index contributed by atoms with van der Waals surface area (Å²) in [6.07, 6.45) is 21.8. The third-order valence-electron chi connectivity index (χ3n) is 5.81. The van der Waals surface area contributed by atoms with Crippen LogP contribution in [0.5, 0.6) is 0 Å². The van der Waals surface area contributed by atoms with E-state index in [9.17, 15) is 0 Å². The van der Waals surface area contributed by atoms with Gasteiger partial charge in [-0.25, -0.2) is 0 Å². The molecule has 1 N–H and O–H groups in total. The average molecular weight is 372 g/mol. The zero-order valence-corrected chi connectivity index (χ0v) is 18.5. The van der Waals surface area contributed by atoms with E-state index in [1.807, 2.05) is 0 Å². The van der Waals surface area contributed by atoms with E-state index in [0.717, 1.165) is 12.8 Å². The van der Waals surface area contributed by atoms with E-state index in [2.05, 4.69) is 51.4 Å². The van der Waals surface area contributed by atoms with Crippen molar-refractivity contribution in [3.8, 4) is 0 Å². The van der Waals surface area contributed by atoms with Gasteiger partial charge in [-0.15, -0.1) is 13.2 Å². The van der Waals surface area contributed by atoms with Crippen LogP contribution in [0.1, 0.15) is 111 Å². The predicted octanol–water partition coefficient (Wildman–Crippen LogP) is 8.61. The maximum Gasteiger partial charge on any atom is 0.0184 e. The second-order valence-electron chi connectivity index (χ2n) is 8.08. The molecule has 0 saturated heterocycles. The molecule has 0 saturated carbocycles. The molecule has 1 nitrogen and oxygen atoms in total. The SMILES string of the molecule is C=CCC1=C(CCCCC)C(CCCCC)C(CCCCC)=C(CC=C)N1. The van der Waals surface area contributed by atoms with Crippen molar-refractivity contribution in [2.45, 2.75) is 111 Å². The molecule has 154 valence electrons. The molecule has 1 heterocycles. The van der Waals surface area contributed by atoms with Gasteiger partial charge in [0.25, 0.3) is 0 Å². The van der Waals surface area contributed by atoms with Gasteiger partial charge >= 0.3 is 0 Å². The van der Waals surface area contributed by atoms with Crippen molar-refractivity contribution in [2.24, 2.45) is 5.92 Å². The summed E-state index contributed by atoms with van der Waals surface area (Å²) in [4.78, 5) is 0. The zero-order valence-electron chi connectivity index (χ0n) is 18.5. The standard InChI is InChI=1S/C26H45N/c1-6-11-14-19-22-23(20-15-12-7-2)25(17-9-4)27-26(18-10-5)24(22)21-16-13-8-3/h9-10,22,27H,4-8,11-21H2,1-3H3. The molecule has 0 fully saturated rings. The molecule has 1 rings (SSSR count). The lowest BCUT2D eigenvalue weighted by molar-refractivity contribution is 0.496. The van der Waals surface area contributed by atoms with Crippen LogP contribution in [0, 0.1) is 5.92 Å². The third kappa shape index (κ3) is 8.11. The molecular weight excluding hydrogens is 326 g/mol. The van der Waals surface area contributed by atoms with Crippen LogP contribution in [0.4, 0.5) is 0 Å². The molecule has 0 unspecified atom stereocenters. The van der Waals surface area contributed by atoms with Gasteiger partial charge in [0.05, 0.1) is 0 Å². The highest BCUT2D eigenvalue weighted by molar-refractivity contribution is 5.37. The van der Waals surface area contributed by atoms with Crippen molar-refractivity contribution in [3.63, 3.8) is 0 Å². The van der Waals surface area contributed by atoms with E-state index in [-0.39, 0.29) is 0 Å². The molecular formula is C26H45N. The maximum absolute atomic E-state index is 4.03. The summed E-state index contributed by atoms with van der Waals surface area (Å²) >= 11 is 0. The third-order valence-corrected chi connectivity index (χ3v) is 5.81. The van der Waals surface area contributed by atoms with Crippen LogP contribution >= 0.6 is 0 Å². The molecule has 0 aromatic heterocycles. The first-order chi connectivity index (χ1) is 13.2. The van der Waals surface area contributed by atoms with Crippen LogP contribution in [0.2, 0.25) is 0 Å². The summed E-state index contributed by atoms with van der Waals surface area (Å²) in [6.45, 7) is 15.0. The first-order valence-corrected chi connectivity index (χ1v) is 11.7. The maximum atomic E-state index is 4.03. The lowest BCUT2D eigenvalue weighted by atomic mass is 9.77. The molecule has 0 spiro atoms. The van der Waals surface area contributed by atoms with Gasteiger partial charge in [-0.2, -0.15) is 0 Å². The second kappa shape index (κ2) is 14.8. The predicted molar refractivity (Wildman–Crippen MR) is 123 cm³/mol. The lowest BCUT2D eigenvalue weighted by Crippen LogP contribution is -2.28. The number of hydrogen-bond donors (Lipinski definition) is 1. The number of nitrogens with one attached hydrogen (secondary N) is 1. The highest BCUT2D eigenvalue weighted by Gasteiger charge is 2.28. The van der Waals surface area contributed by atoms with E-state index in [4.69, 9.17) is 0 Å². The van der Waals surface area contributed by atoms with Crippen molar-refractivity contribution in [2.75, 3.05) is 0 Å². The number of dihydropyridines is 1. The second-order valence-corrected chi connectivity index (χ2v) is 8.08. The molecule has 0 bridgehead atoms. The quantitative estimate of drug-likeness (QED) is 0.211.